The van der Waals surface area contributed by atoms with Gasteiger partial charge in [0.25, 0.3) is 5.91 Å². The van der Waals surface area contributed by atoms with Crippen molar-refractivity contribution in [2.24, 2.45) is 5.92 Å². The van der Waals surface area contributed by atoms with Crippen LogP contribution in [0.3, 0.4) is 0 Å². The second kappa shape index (κ2) is 7.18. The molecule has 1 fully saturated rings. The monoisotopic (exact) mass is 342 g/mol. The van der Waals surface area contributed by atoms with Crippen molar-refractivity contribution in [3.8, 4) is 0 Å². The Morgan fingerprint density at radius 3 is 2.62 bits per heavy atom. The van der Waals surface area contributed by atoms with E-state index in [4.69, 9.17) is 0 Å². The fourth-order valence-corrected chi connectivity index (χ4v) is 3.61. The van der Waals surface area contributed by atoms with Gasteiger partial charge >= 0.3 is 0 Å². The Bertz CT molecular complexity index is 762. The number of carbonyl (C=O) groups is 2. The maximum absolute atomic E-state index is 12.4. The number of thiophene rings is 1. The molecule has 0 unspecified atom stereocenters. The molecule has 2 aromatic rings. The Hall–Kier alpha value is -2.14. The standard InChI is InChI=1S/C19H22N2O2S/c1-12-5-3-4-6-14(12)9-10-20-19(23)17-13(2)11-16(24-17)21-18(22)15-7-8-15/h3-6,11,15H,7-10H2,1-2H3,(H,20,23)(H,21,22). The van der Waals surface area contributed by atoms with Crippen molar-refractivity contribution >= 4 is 28.2 Å². The summed E-state index contributed by atoms with van der Waals surface area (Å²) in [5, 5.41) is 6.64. The summed E-state index contributed by atoms with van der Waals surface area (Å²) in [6.45, 7) is 4.58. The second-order valence-electron chi connectivity index (χ2n) is 6.32. The predicted molar refractivity (Wildman–Crippen MR) is 97.6 cm³/mol. The van der Waals surface area contributed by atoms with Crippen LogP contribution in [-0.4, -0.2) is 18.4 Å². The van der Waals surface area contributed by atoms with E-state index in [1.807, 2.05) is 25.1 Å². The summed E-state index contributed by atoms with van der Waals surface area (Å²) in [4.78, 5) is 24.9. The van der Waals surface area contributed by atoms with Crippen LogP contribution in [-0.2, 0) is 11.2 Å². The minimum Gasteiger partial charge on any atom is -0.351 e. The minimum atomic E-state index is -0.0713. The Morgan fingerprint density at radius 2 is 1.92 bits per heavy atom. The van der Waals surface area contributed by atoms with Crippen LogP contribution in [0.25, 0.3) is 0 Å². The summed E-state index contributed by atoms with van der Waals surface area (Å²) in [6.07, 6.45) is 2.76. The van der Waals surface area contributed by atoms with Crippen molar-refractivity contribution in [2.45, 2.75) is 33.1 Å². The summed E-state index contributed by atoms with van der Waals surface area (Å²) >= 11 is 1.35. The van der Waals surface area contributed by atoms with Crippen LogP contribution in [0.2, 0.25) is 0 Å². The van der Waals surface area contributed by atoms with Crippen LogP contribution in [0.15, 0.2) is 30.3 Å². The molecule has 0 aliphatic heterocycles. The van der Waals surface area contributed by atoms with Gasteiger partial charge in [0.1, 0.15) is 0 Å². The highest BCUT2D eigenvalue weighted by atomic mass is 32.1. The molecule has 126 valence electrons. The van der Waals surface area contributed by atoms with Crippen molar-refractivity contribution in [1.29, 1.82) is 0 Å². The second-order valence-corrected chi connectivity index (χ2v) is 7.37. The van der Waals surface area contributed by atoms with E-state index >= 15 is 0 Å². The maximum atomic E-state index is 12.4. The molecule has 1 aromatic heterocycles. The number of anilines is 1. The molecule has 0 atom stereocenters. The number of hydrogen-bond donors (Lipinski definition) is 2. The number of carbonyl (C=O) groups excluding carboxylic acids is 2. The molecule has 1 aliphatic carbocycles. The van der Waals surface area contributed by atoms with E-state index in [-0.39, 0.29) is 17.7 Å². The molecule has 24 heavy (non-hydrogen) atoms. The van der Waals surface area contributed by atoms with Gasteiger partial charge in [-0.3, -0.25) is 9.59 Å². The lowest BCUT2D eigenvalue weighted by molar-refractivity contribution is -0.117. The molecule has 5 heteroatoms. The summed E-state index contributed by atoms with van der Waals surface area (Å²) in [6, 6.07) is 10.1. The molecule has 1 saturated carbocycles. The molecule has 1 heterocycles. The lowest BCUT2D eigenvalue weighted by atomic mass is 10.1. The highest BCUT2D eigenvalue weighted by Crippen LogP contribution is 2.32. The van der Waals surface area contributed by atoms with Crippen LogP contribution in [0.5, 0.6) is 0 Å². The molecule has 0 bridgehead atoms. The van der Waals surface area contributed by atoms with Gasteiger partial charge < -0.3 is 10.6 Å². The van der Waals surface area contributed by atoms with Crippen molar-refractivity contribution in [3.63, 3.8) is 0 Å². The molecule has 4 nitrogen and oxygen atoms in total. The number of hydrogen-bond acceptors (Lipinski definition) is 3. The van der Waals surface area contributed by atoms with Gasteiger partial charge in [-0.15, -0.1) is 11.3 Å². The lowest BCUT2D eigenvalue weighted by Gasteiger charge is -2.07. The first-order valence-electron chi connectivity index (χ1n) is 8.28. The van der Waals surface area contributed by atoms with E-state index in [0.717, 1.165) is 29.8 Å². The van der Waals surface area contributed by atoms with Crippen molar-refractivity contribution in [3.05, 3.63) is 51.9 Å². The molecule has 1 aliphatic rings. The van der Waals surface area contributed by atoms with Gasteiger partial charge in [0.2, 0.25) is 5.91 Å². The Kier molecular flexibility index (Phi) is 5.00. The van der Waals surface area contributed by atoms with E-state index in [2.05, 4.69) is 29.7 Å². The Balaban J connectivity index is 1.55. The molecule has 1 aromatic carbocycles. The van der Waals surface area contributed by atoms with E-state index in [1.165, 1.54) is 22.5 Å². The van der Waals surface area contributed by atoms with E-state index in [9.17, 15) is 9.59 Å². The molecule has 0 saturated heterocycles. The summed E-state index contributed by atoms with van der Waals surface area (Å²) in [5.74, 6) is 0.166. The fourth-order valence-electron chi connectivity index (χ4n) is 2.62. The molecular weight excluding hydrogens is 320 g/mol. The zero-order valence-electron chi connectivity index (χ0n) is 14.0. The first-order valence-corrected chi connectivity index (χ1v) is 9.10. The normalized spacial score (nSPS) is 13.6. The van der Waals surface area contributed by atoms with Gasteiger partial charge in [0.05, 0.1) is 9.88 Å². The maximum Gasteiger partial charge on any atom is 0.261 e. The van der Waals surface area contributed by atoms with Crippen molar-refractivity contribution < 1.29 is 9.59 Å². The third-order valence-corrected chi connectivity index (χ3v) is 5.41. The largest absolute Gasteiger partial charge is 0.351 e. The van der Waals surface area contributed by atoms with Crippen LogP contribution in [0.1, 0.15) is 39.2 Å². The van der Waals surface area contributed by atoms with Gasteiger partial charge in [0, 0.05) is 12.5 Å². The Labute approximate surface area is 146 Å². The van der Waals surface area contributed by atoms with Gasteiger partial charge in [-0.25, -0.2) is 0 Å². The number of aryl methyl sites for hydroxylation is 2. The average molecular weight is 342 g/mol. The van der Waals surface area contributed by atoms with Crippen molar-refractivity contribution in [1.82, 2.24) is 5.32 Å². The molecular formula is C19H22N2O2S. The van der Waals surface area contributed by atoms with Crippen LogP contribution >= 0.6 is 11.3 Å². The topological polar surface area (TPSA) is 58.2 Å². The number of benzene rings is 1. The third kappa shape index (κ3) is 4.03. The van der Waals surface area contributed by atoms with Crippen LogP contribution in [0.4, 0.5) is 5.00 Å². The number of rotatable bonds is 6. The average Bonchev–Trinajstić information content (AvgIpc) is 3.33. The molecule has 2 amide bonds. The zero-order valence-corrected chi connectivity index (χ0v) is 14.8. The van der Waals surface area contributed by atoms with E-state index in [1.54, 1.807) is 0 Å². The summed E-state index contributed by atoms with van der Waals surface area (Å²) < 4.78 is 0. The van der Waals surface area contributed by atoms with Gasteiger partial charge in [-0.2, -0.15) is 0 Å². The SMILES string of the molecule is Cc1ccccc1CCNC(=O)c1sc(NC(=O)C2CC2)cc1C. The smallest absolute Gasteiger partial charge is 0.261 e. The van der Waals surface area contributed by atoms with E-state index < -0.39 is 0 Å². The van der Waals surface area contributed by atoms with Gasteiger partial charge in [-0.1, -0.05) is 24.3 Å². The predicted octanol–water partition coefficient (Wildman–Crippen LogP) is 3.69. The number of amides is 2. The molecule has 3 rings (SSSR count). The molecule has 0 spiro atoms. The summed E-state index contributed by atoms with van der Waals surface area (Å²) in [5.41, 5.74) is 3.39. The van der Waals surface area contributed by atoms with Crippen LogP contribution in [0, 0.1) is 19.8 Å². The zero-order chi connectivity index (χ0) is 17.1. The highest BCUT2D eigenvalue weighted by molar-refractivity contribution is 7.18. The van der Waals surface area contributed by atoms with Gasteiger partial charge in [0.15, 0.2) is 0 Å². The Morgan fingerprint density at radius 1 is 1.17 bits per heavy atom. The highest BCUT2D eigenvalue weighted by Gasteiger charge is 2.30. The van der Waals surface area contributed by atoms with Crippen LogP contribution < -0.4 is 10.6 Å². The van der Waals surface area contributed by atoms with Crippen molar-refractivity contribution in [2.75, 3.05) is 11.9 Å². The molecule has 2 N–H and O–H groups in total. The van der Waals surface area contributed by atoms with E-state index in [0.29, 0.717) is 11.4 Å². The van der Waals surface area contributed by atoms with Gasteiger partial charge in [-0.05, 0) is 55.9 Å². The first-order chi connectivity index (χ1) is 11.5. The molecule has 0 radical (unpaired) electrons. The minimum absolute atomic E-state index is 0.0713. The summed E-state index contributed by atoms with van der Waals surface area (Å²) in [7, 11) is 0. The number of nitrogens with one attached hydrogen (secondary N) is 2. The quantitative estimate of drug-likeness (QED) is 0.841. The fraction of sp³-hybridized carbons (Fsp3) is 0.368. The third-order valence-electron chi connectivity index (χ3n) is 4.26. The lowest BCUT2D eigenvalue weighted by Crippen LogP contribution is -2.25. The first kappa shape index (κ1) is 16.7.